The van der Waals surface area contributed by atoms with Crippen LogP contribution in [0.25, 0.3) is 6.08 Å². The number of hydrogen-bond acceptors (Lipinski definition) is 0. The van der Waals surface area contributed by atoms with E-state index in [1.54, 1.807) is 0 Å². The molecule has 0 fully saturated rings. The molecular formula is C12H14. The molecule has 0 spiro atoms. The van der Waals surface area contributed by atoms with E-state index in [-0.39, 0.29) is 0 Å². The van der Waals surface area contributed by atoms with Crippen molar-refractivity contribution >= 4 is 6.08 Å². The molecule has 12 heavy (non-hydrogen) atoms. The molecule has 0 atom stereocenters. The van der Waals surface area contributed by atoms with Gasteiger partial charge >= 0.3 is 0 Å². The second-order valence-corrected chi connectivity index (χ2v) is 2.68. The van der Waals surface area contributed by atoms with Crippen LogP contribution in [-0.4, -0.2) is 0 Å². The quantitative estimate of drug-likeness (QED) is 0.591. The topological polar surface area (TPSA) is 0 Å². The highest BCUT2D eigenvalue weighted by molar-refractivity contribution is 5.52. The van der Waals surface area contributed by atoms with Crippen LogP contribution in [0.3, 0.4) is 0 Å². The Balaban J connectivity index is 2.89. The van der Waals surface area contributed by atoms with E-state index >= 15 is 0 Å². The fourth-order valence-corrected chi connectivity index (χ4v) is 1.16. The summed E-state index contributed by atoms with van der Waals surface area (Å²) in [5, 5.41) is 0. The number of benzene rings is 1. The van der Waals surface area contributed by atoms with Gasteiger partial charge in [0.25, 0.3) is 0 Å². The lowest BCUT2D eigenvalue weighted by molar-refractivity contribution is 1.25. The maximum absolute atomic E-state index is 3.78. The van der Waals surface area contributed by atoms with E-state index in [1.165, 1.54) is 11.1 Å². The van der Waals surface area contributed by atoms with Gasteiger partial charge in [-0.1, -0.05) is 49.1 Å². The maximum atomic E-state index is 3.78. The van der Waals surface area contributed by atoms with Gasteiger partial charge in [0.05, 0.1) is 0 Å². The SMILES string of the molecule is C=Cc1ccccc1CC=CC. The van der Waals surface area contributed by atoms with Crippen molar-refractivity contribution in [2.24, 2.45) is 0 Å². The van der Waals surface area contributed by atoms with Crippen LogP contribution in [0.2, 0.25) is 0 Å². The first-order valence-corrected chi connectivity index (χ1v) is 4.20. The molecule has 62 valence electrons. The average Bonchev–Trinajstić information content (AvgIpc) is 2.15. The van der Waals surface area contributed by atoms with Gasteiger partial charge in [0.2, 0.25) is 0 Å². The Morgan fingerprint density at radius 3 is 2.75 bits per heavy atom. The van der Waals surface area contributed by atoms with Crippen molar-refractivity contribution in [2.45, 2.75) is 13.3 Å². The lowest BCUT2D eigenvalue weighted by atomic mass is 10.0. The van der Waals surface area contributed by atoms with E-state index in [2.05, 4.69) is 36.9 Å². The first kappa shape index (κ1) is 8.79. The minimum Gasteiger partial charge on any atom is -0.0985 e. The molecule has 0 nitrogen and oxygen atoms in total. The van der Waals surface area contributed by atoms with E-state index in [1.807, 2.05) is 19.1 Å². The lowest BCUT2D eigenvalue weighted by Crippen LogP contribution is -1.84. The van der Waals surface area contributed by atoms with Crippen molar-refractivity contribution in [3.8, 4) is 0 Å². The summed E-state index contributed by atoms with van der Waals surface area (Å²) in [7, 11) is 0. The molecule has 0 saturated heterocycles. The van der Waals surface area contributed by atoms with Crippen LogP contribution in [0.15, 0.2) is 43.0 Å². The van der Waals surface area contributed by atoms with Gasteiger partial charge in [0.15, 0.2) is 0 Å². The summed E-state index contributed by atoms with van der Waals surface area (Å²) >= 11 is 0. The van der Waals surface area contributed by atoms with E-state index < -0.39 is 0 Å². The Labute approximate surface area is 74.2 Å². The van der Waals surface area contributed by atoms with Crippen molar-refractivity contribution in [3.05, 3.63) is 54.1 Å². The van der Waals surface area contributed by atoms with Crippen molar-refractivity contribution in [3.63, 3.8) is 0 Å². The second-order valence-electron chi connectivity index (χ2n) is 2.68. The molecule has 1 aromatic rings. The first-order chi connectivity index (χ1) is 5.88. The summed E-state index contributed by atoms with van der Waals surface area (Å²) in [6, 6.07) is 8.32. The zero-order chi connectivity index (χ0) is 8.81. The fourth-order valence-electron chi connectivity index (χ4n) is 1.16. The smallest absolute Gasteiger partial charge is 0.00916 e. The molecule has 0 radical (unpaired) electrons. The van der Waals surface area contributed by atoms with Gasteiger partial charge in [-0.15, -0.1) is 0 Å². The monoisotopic (exact) mass is 158 g/mol. The molecule has 0 aliphatic rings. The standard InChI is InChI=1S/C12H14/c1-3-5-8-12-10-7-6-9-11(12)4-2/h3-7,9-10H,2,8H2,1H3. The Kier molecular flexibility index (Phi) is 3.34. The van der Waals surface area contributed by atoms with Gasteiger partial charge in [-0.2, -0.15) is 0 Å². The number of hydrogen-bond donors (Lipinski definition) is 0. The molecule has 0 aromatic heterocycles. The highest BCUT2D eigenvalue weighted by atomic mass is 14.0. The van der Waals surface area contributed by atoms with Crippen LogP contribution in [0.1, 0.15) is 18.1 Å². The van der Waals surface area contributed by atoms with Crippen LogP contribution >= 0.6 is 0 Å². The van der Waals surface area contributed by atoms with Gasteiger partial charge in [-0.05, 0) is 24.5 Å². The van der Waals surface area contributed by atoms with E-state index in [0.29, 0.717) is 0 Å². The van der Waals surface area contributed by atoms with E-state index in [4.69, 9.17) is 0 Å². The molecule has 0 N–H and O–H groups in total. The third-order valence-corrected chi connectivity index (χ3v) is 1.85. The van der Waals surface area contributed by atoms with Crippen LogP contribution < -0.4 is 0 Å². The Hall–Kier alpha value is -1.30. The lowest BCUT2D eigenvalue weighted by Gasteiger charge is -2.00. The molecule has 0 aliphatic heterocycles. The van der Waals surface area contributed by atoms with Crippen molar-refractivity contribution in [2.75, 3.05) is 0 Å². The van der Waals surface area contributed by atoms with Gasteiger partial charge in [0.1, 0.15) is 0 Å². The minimum absolute atomic E-state index is 0.999. The van der Waals surface area contributed by atoms with Gasteiger partial charge in [-0.25, -0.2) is 0 Å². The van der Waals surface area contributed by atoms with Gasteiger partial charge < -0.3 is 0 Å². The molecule has 0 unspecified atom stereocenters. The molecule has 0 heteroatoms. The minimum atomic E-state index is 0.999. The predicted octanol–water partition coefficient (Wildman–Crippen LogP) is 3.45. The van der Waals surface area contributed by atoms with Gasteiger partial charge in [0, 0.05) is 0 Å². The fraction of sp³-hybridized carbons (Fsp3) is 0.167. The average molecular weight is 158 g/mol. The van der Waals surface area contributed by atoms with Crippen LogP contribution in [0.4, 0.5) is 0 Å². The summed E-state index contributed by atoms with van der Waals surface area (Å²) in [6.45, 7) is 5.81. The predicted molar refractivity (Wildman–Crippen MR) is 55.1 cm³/mol. The van der Waals surface area contributed by atoms with Crippen molar-refractivity contribution < 1.29 is 0 Å². The molecular weight excluding hydrogens is 144 g/mol. The largest absolute Gasteiger partial charge is 0.0985 e. The van der Waals surface area contributed by atoms with Crippen molar-refractivity contribution in [1.29, 1.82) is 0 Å². The summed E-state index contributed by atoms with van der Waals surface area (Å²) in [6.07, 6.45) is 7.12. The molecule has 1 rings (SSSR count). The molecule has 0 amide bonds. The summed E-state index contributed by atoms with van der Waals surface area (Å²) in [5.74, 6) is 0. The number of rotatable bonds is 3. The summed E-state index contributed by atoms with van der Waals surface area (Å²) in [5.41, 5.74) is 2.57. The van der Waals surface area contributed by atoms with Crippen LogP contribution in [0.5, 0.6) is 0 Å². The van der Waals surface area contributed by atoms with Crippen molar-refractivity contribution in [1.82, 2.24) is 0 Å². The first-order valence-electron chi connectivity index (χ1n) is 4.20. The molecule has 0 saturated carbocycles. The highest BCUT2D eigenvalue weighted by Crippen LogP contribution is 2.10. The molecule has 0 heterocycles. The summed E-state index contributed by atoms with van der Waals surface area (Å²) < 4.78 is 0. The van der Waals surface area contributed by atoms with E-state index in [9.17, 15) is 0 Å². The van der Waals surface area contributed by atoms with Crippen LogP contribution in [0, 0.1) is 0 Å². The third-order valence-electron chi connectivity index (χ3n) is 1.85. The normalized spacial score (nSPS) is 10.4. The Bertz CT molecular complexity index is 282. The Morgan fingerprint density at radius 2 is 2.08 bits per heavy atom. The van der Waals surface area contributed by atoms with Crippen LogP contribution in [-0.2, 0) is 6.42 Å². The molecule has 0 aliphatic carbocycles. The molecule has 1 aromatic carbocycles. The second kappa shape index (κ2) is 4.55. The summed E-state index contributed by atoms with van der Waals surface area (Å²) in [4.78, 5) is 0. The zero-order valence-electron chi connectivity index (χ0n) is 7.46. The number of allylic oxidation sites excluding steroid dienone is 2. The zero-order valence-corrected chi connectivity index (χ0v) is 7.46. The molecule has 0 bridgehead atoms. The third kappa shape index (κ3) is 2.09. The van der Waals surface area contributed by atoms with E-state index in [0.717, 1.165) is 6.42 Å². The Morgan fingerprint density at radius 1 is 1.33 bits per heavy atom. The maximum Gasteiger partial charge on any atom is -0.00916 e. The van der Waals surface area contributed by atoms with Gasteiger partial charge in [-0.3, -0.25) is 0 Å². The highest BCUT2D eigenvalue weighted by Gasteiger charge is 1.93.